The normalized spacial score (nSPS) is 41.3. The minimum atomic E-state index is 0.580. The third-order valence-electron chi connectivity index (χ3n) is 12.1. The summed E-state index contributed by atoms with van der Waals surface area (Å²) in [6.45, 7) is 12.9. The Kier molecular flexibility index (Phi) is 7.46. The average molecular weight is 473 g/mol. The summed E-state index contributed by atoms with van der Waals surface area (Å²) in [5, 5.41) is 0. The zero-order valence-electron chi connectivity index (χ0n) is 23.5. The number of hydrogen-bond acceptors (Lipinski definition) is 0. The molecule has 0 unspecified atom stereocenters. The first-order valence-electron chi connectivity index (χ1n) is 15.4. The molecule has 0 N–H and O–H groups in total. The van der Waals surface area contributed by atoms with Gasteiger partial charge in [0, 0.05) is 11.5 Å². The van der Waals surface area contributed by atoms with Crippen LogP contribution in [-0.4, -0.2) is 0 Å². The van der Waals surface area contributed by atoms with E-state index in [1.54, 1.807) is 0 Å². The second-order valence-corrected chi connectivity index (χ2v) is 14.3. The molecule has 0 aliphatic heterocycles. The van der Waals surface area contributed by atoms with Crippen LogP contribution in [0.5, 0.6) is 0 Å². The van der Waals surface area contributed by atoms with E-state index < -0.39 is 0 Å². The Morgan fingerprint density at radius 1 is 0.829 bits per heavy atom. The van der Waals surface area contributed by atoms with Crippen LogP contribution in [0.15, 0.2) is 30.3 Å². The van der Waals surface area contributed by atoms with Crippen LogP contribution in [0.3, 0.4) is 0 Å². The lowest BCUT2D eigenvalue weighted by atomic mass is 9.44. The van der Waals surface area contributed by atoms with Gasteiger partial charge in [-0.05, 0) is 122 Å². The van der Waals surface area contributed by atoms with Gasteiger partial charge in [0.25, 0.3) is 0 Å². The van der Waals surface area contributed by atoms with Crippen LogP contribution in [-0.2, 0) is 0 Å². The molecule has 0 heterocycles. The first-order valence-corrected chi connectivity index (χ1v) is 15.4. The second-order valence-electron chi connectivity index (χ2n) is 14.3. The maximum atomic E-state index is 3.70. The smallest absolute Gasteiger partial charge is 0.0245 e. The van der Waals surface area contributed by atoms with Gasteiger partial charge in [-0.25, -0.2) is 0 Å². The summed E-state index contributed by atoms with van der Waals surface area (Å²) in [4.78, 5) is 0. The quantitative estimate of drug-likeness (QED) is 0.374. The lowest BCUT2D eigenvalue weighted by Crippen LogP contribution is -2.53. The van der Waals surface area contributed by atoms with Gasteiger partial charge >= 0.3 is 0 Å². The van der Waals surface area contributed by atoms with Crippen molar-refractivity contribution in [3.8, 4) is 11.8 Å². The third kappa shape index (κ3) is 4.88. The summed E-state index contributed by atoms with van der Waals surface area (Å²) in [6, 6.07) is 10.6. The van der Waals surface area contributed by atoms with Crippen LogP contribution in [0.25, 0.3) is 0 Å². The number of benzene rings is 1. The Balaban J connectivity index is 1.24. The second kappa shape index (κ2) is 10.3. The topological polar surface area (TPSA) is 0 Å². The van der Waals surface area contributed by atoms with Gasteiger partial charge in [-0.3, -0.25) is 0 Å². The van der Waals surface area contributed by atoms with E-state index in [9.17, 15) is 0 Å². The number of rotatable bonds is 5. The van der Waals surface area contributed by atoms with Crippen molar-refractivity contribution in [2.75, 3.05) is 0 Å². The maximum Gasteiger partial charge on any atom is 0.0245 e. The van der Waals surface area contributed by atoms with Gasteiger partial charge in [0.1, 0.15) is 0 Å². The fourth-order valence-electron chi connectivity index (χ4n) is 10.1. The Bertz CT molecular complexity index is 901. The van der Waals surface area contributed by atoms with Crippen LogP contribution in [0.1, 0.15) is 117 Å². The summed E-state index contributed by atoms with van der Waals surface area (Å²) < 4.78 is 0. The van der Waals surface area contributed by atoms with Gasteiger partial charge in [-0.15, -0.1) is 0 Å². The molecular weight excluding hydrogens is 420 g/mol. The average Bonchev–Trinajstić information content (AvgIpc) is 3.20. The standard InChI is InChI=1S/C35H52/c1-25(2)10-9-11-26(3)31-18-19-32-30-17-16-29-24-28(15-14-27-12-7-6-8-13-27)20-22-34(29,4)33(30)21-23-35(31,32)5/h6-8,12-13,25-26,28-33H,9-11,16-24H2,1-5H3/t26-,28+,29+,30+,31-,32+,33+,34+,35-/m1/s1. The lowest BCUT2D eigenvalue weighted by molar-refractivity contribution is -0.118. The van der Waals surface area contributed by atoms with Gasteiger partial charge < -0.3 is 0 Å². The van der Waals surface area contributed by atoms with E-state index >= 15 is 0 Å². The van der Waals surface area contributed by atoms with Crippen LogP contribution >= 0.6 is 0 Å². The molecule has 4 fully saturated rings. The summed E-state index contributed by atoms with van der Waals surface area (Å²) in [5.41, 5.74) is 2.39. The molecule has 0 spiro atoms. The van der Waals surface area contributed by atoms with E-state index in [4.69, 9.17) is 0 Å². The maximum absolute atomic E-state index is 3.70. The van der Waals surface area contributed by atoms with Gasteiger partial charge in [-0.2, -0.15) is 0 Å². The number of hydrogen-bond donors (Lipinski definition) is 0. The molecule has 0 saturated heterocycles. The third-order valence-corrected chi connectivity index (χ3v) is 12.1. The number of fused-ring (bicyclic) bond motifs is 5. The highest BCUT2D eigenvalue weighted by atomic mass is 14.6. The lowest BCUT2D eigenvalue weighted by Gasteiger charge is -2.61. The summed E-state index contributed by atoms with van der Waals surface area (Å²) in [6.07, 6.45) is 17.5. The molecule has 1 aromatic rings. The fraction of sp³-hybridized carbons (Fsp3) is 0.771. The molecule has 4 aliphatic carbocycles. The van der Waals surface area contributed by atoms with Gasteiger partial charge in [0.2, 0.25) is 0 Å². The SMILES string of the molecule is CC(C)CCC[C@@H](C)[C@H]1CC[C@H]2[C@@H]3CC[C@H]4C[C@@H](C#Cc5ccccc5)CC[C@]4(C)[C@H]3CC[C@]12C. The Morgan fingerprint density at radius 2 is 1.57 bits per heavy atom. The highest BCUT2D eigenvalue weighted by Gasteiger charge is 2.60. The molecule has 1 aromatic carbocycles. The minimum Gasteiger partial charge on any atom is -0.0945 e. The van der Waals surface area contributed by atoms with E-state index in [0.29, 0.717) is 16.7 Å². The van der Waals surface area contributed by atoms with Crippen molar-refractivity contribution in [1.82, 2.24) is 0 Å². The minimum absolute atomic E-state index is 0.580. The van der Waals surface area contributed by atoms with E-state index in [-0.39, 0.29) is 0 Å². The van der Waals surface area contributed by atoms with Crippen LogP contribution in [0.4, 0.5) is 0 Å². The van der Waals surface area contributed by atoms with E-state index in [2.05, 4.69) is 76.8 Å². The summed E-state index contributed by atoms with van der Waals surface area (Å²) >= 11 is 0. The van der Waals surface area contributed by atoms with Crippen molar-refractivity contribution in [2.45, 2.75) is 112 Å². The summed E-state index contributed by atoms with van der Waals surface area (Å²) in [7, 11) is 0. The first-order chi connectivity index (χ1) is 16.8. The molecule has 192 valence electrons. The molecular formula is C35H52. The molecule has 0 nitrogen and oxygen atoms in total. The van der Waals surface area contributed by atoms with Crippen molar-refractivity contribution in [3.05, 3.63) is 35.9 Å². The van der Waals surface area contributed by atoms with E-state index in [0.717, 1.165) is 41.4 Å². The van der Waals surface area contributed by atoms with Gasteiger partial charge in [0.05, 0.1) is 0 Å². The molecule has 35 heavy (non-hydrogen) atoms. The monoisotopic (exact) mass is 472 g/mol. The fourth-order valence-corrected chi connectivity index (χ4v) is 10.1. The highest BCUT2D eigenvalue weighted by molar-refractivity contribution is 5.34. The predicted molar refractivity (Wildman–Crippen MR) is 150 cm³/mol. The van der Waals surface area contributed by atoms with Crippen molar-refractivity contribution in [1.29, 1.82) is 0 Å². The van der Waals surface area contributed by atoms with Gasteiger partial charge in [-0.1, -0.05) is 83.9 Å². The molecule has 9 atom stereocenters. The molecule has 0 aromatic heterocycles. The van der Waals surface area contributed by atoms with Crippen molar-refractivity contribution in [3.63, 3.8) is 0 Å². The van der Waals surface area contributed by atoms with Crippen LogP contribution in [0, 0.1) is 70.0 Å². The molecule has 4 aliphatic rings. The van der Waals surface area contributed by atoms with Gasteiger partial charge in [0.15, 0.2) is 0 Å². The molecule has 0 radical (unpaired) electrons. The molecule has 0 amide bonds. The molecule has 0 bridgehead atoms. The molecule has 4 saturated carbocycles. The van der Waals surface area contributed by atoms with Crippen molar-refractivity contribution >= 4 is 0 Å². The zero-order chi connectivity index (χ0) is 24.6. The Labute approximate surface area is 217 Å². The van der Waals surface area contributed by atoms with Crippen LogP contribution in [0.2, 0.25) is 0 Å². The Morgan fingerprint density at radius 3 is 2.34 bits per heavy atom. The molecule has 5 rings (SSSR count). The van der Waals surface area contributed by atoms with Crippen molar-refractivity contribution < 1.29 is 0 Å². The van der Waals surface area contributed by atoms with E-state index in [1.807, 2.05) is 0 Å². The van der Waals surface area contributed by atoms with Crippen LogP contribution < -0.4 is 0 Å². The van der Waals surface area contributed by atoms with E-state index in [1.165, 1.54) is 82.6 Å². The Hall–Kier alpha value is -1.22. The first kappa shape index (κ1) is 25.4. The molecule has 0 heteroatoms. The highest BCUT2D eigenvalue weighted by Crippen LogP contribution is 2.68. The zero-order valence-corrected chi connectivity index (χ0v) is 23.5. The largest absolute Gasteiger partial charge is 0.0945 e. The summed E-state index contributed by atoms with van der Waals surface area (Å²) in [5.74, 6) is 14.5. The predicted octanol–water partition coefficient (Wildman–Crippen LogP) is 9.78. The van der Waals surface area contributed by atoms with Crippen molar-refractivity contribution in [2.24, 2.45) is 58.2 Å².